The van der Waals surface area contributed by atoms with Gasteiger partial charge in [0, 0.05) is 19.2 Å². The van der Waals surface area contributed by atoms with Crippen LogP contribution in [0.15, 0.2) is 12.1 Å². The maximum absolute atomic E-state index is 14.7. The number of nitrogens with zero attached hydrogens (tertiary/aromatic N) is 1. The van der Waals surface area contributed by atoms with E-state index in [2.05, 4.69) is 0 Å². The zero-order valence-electron chi connectivity index (χ0n) is 17.1. The molecule has 2 saturated carbocycles. The predicted octanol–water partition coefficient (Wildman–Crippen LogP) is 3.68. The number of hydrogen-bond acceptors (Lipinski definition) is 4. The van der Waals surface area contributed by atoms with Gasteiger partial charge in [-0.05, 0) is 75.3 Å². The zero-order valence-corrected chi connectivity index (χ0v) is 17.9. The number of benzene rings is 1. The number of nitrogens with one attached hydrogen (secondary N) is 1. The van der Waals surface area contributed by atoms with E-state index in [9.17, 15) is 22.0 Å². The van der Waals surface area contributed by atoms with E-state index in [1.807, 2.05) is 4.72 Å². The summed E-state index contributed by atoms with van der Waals surface area (Å²) in [6.07, 6.45) is 5.02. The fourth-order valence-corrected chi connectivity index (χ4v) is 5.21. The van der Waals surface area contributed by atoms with Crippen molar-refractivity contribution in [2.45, 2.75) is 63.5 Å². The summed E-state index contributed by atoms with van der Waals surface area (Å²) >= 11 is 0. The molecule has 3 fully saturated rings. The highest BCUT2D eigenvalue weighted by atomic mass is 32.2. The SMILES string of the molecule is C[C@]1(F)CC[C@H](COc2cc(F)c(C(=O)NS(=O)(=O)N3CCC3)cc2C2CC2)CC1. The van der Waals surface area contributed by atoms with E-state index in [-0.39, 0.29) is 17.4 Å². The molecule has 1 amide bonds. The van der Waals surface area contributed by atoms with Crippen molar-refractivity contribution in [2.24, 2.45) is 5.92 Å². The number of carbonyl (C=O) groups excluding carboxylic acids is 1. The Balaban J connectivity index is 1.46. The number of ether oxygens (including phenoxy) is 1. The monoisotopic (exact) mass is 442 g/mol. The molecule has 3 aliphatic rings. The smallest absolute Gasteiger partial charge is 0.304 e. The van der Waals surface area contributed by atoms with Crippen molar-refractivity contribution in [2.75, 3.05) is 19.7 Å². The minimum absolute atomic E-state index is 0.180. The van der Waals surface area contributed by atoms with Crippen molar-refractivity contribution in [3.8, 4) is 5.75 Å². The number of carbonyl (C=O) groups is 1. The van der Waals surface area contributed by atoms with Gasteiger partial charge >= 0.3 is 10.2 Å². The van der Waals surface area contributed by atoms with E-state index in [0.717, 1.165) is 42.0 Å². The van der Waals surface area contributed by atoms with Crippen LogP contribution in [0.25, 0.3) is 0 Å². The maximum Gasteiger partial charge on any atom is 0.304 e. The molecule has 0 spiro atoms. The fraction of sp³-hybridized carbons (Fsp3) is 0.667. The summed E-state index contributed by atoms with van der Waals surface area (Å²) < 4.78 is 62.0. The molecule has 30 heavy (non-hydrogen) atoms. The largest absolute Gasteiger partial charge is 0.493 e. The Labute approximate surface area is 176 Å². The average molecular weight is 443 g/mol. The van der Waals surface area contributed by atoms with Crippen LogP contribution in [0.1, 0.15) is 73.7 Å². The molecule has 1 aromatic carbocycles. The van der Waals surface area contributed by atoms with Gasteiger partial charge in [-0.3, -0.25) is 4.79 Å². The molecule has 1 saturated heterocycles. The van der Waals surface area contributed by atoms with Crippen LogP contribution in [-0.4, -0.2) is 44.0 Å². The molecule has 1 aliphatic heterocycles. The van der Waals surface area contributed by atoms with Crippen LogP contribution in [0.4, 0.5) is 8.78 Å². The molecule has 4 rings (SSSR count). The topological polar surface area (TPSA) is 75.7 Å². The fourth-order valence-electron chi connectivity index (χ4n) is 4.00. The molecule has 9 heteroatoms. The van der Waals surface area contributed by atoms with Gasteiger partial charge in [-0.1, -0.05) is 0 Å². The zero-order chi connectivity index (χ0) is 21.5. The van der Waals surface area contributed by atoms with Gasteiger partial charge in [-0.15, -0.1) is 0 Å². The van der Waals surface area contributed by atoms with Gasteiger partial charge in [-0.25, -0.2) is 13.5 Å². The highest BCUT2D eigenvalue weighted by molar-refractivity contribution is 7.87. The van der Waals surface area contributed by atoms with Crippen LogP contribution in [0.2, 0.25) is 0 Å². The summed E-state index contributed by atoms with van der Waals surface area (Å²) in [6.45, 7) is 2.71. The Morgan fingerprint density at radius 2 is 1.90 bits per heavy atom. The van der Waals surface area contributed by atoms with Crippen molar-refractivity contribution < 1.29 is 26.7 Å². The summed E-state index contributed by atoms with van der Waals surface area (Å²) in [5, 5.41) is 0. The molecule has 6 nitrogen and oxygen atoms in total. The van der Waals surface area contributed by atoms with E-state index < -0.39 is 27.6 Å². The van der Waals surface area contributed by atoms with Crippen molar-refractivity contribution in [1.29, 1.82) is 0 Å². The van der Waals surface area contributed by atoms with Gasteiger partial charge in [0.2, 0.25) is 0 Å². The second-order valence-electron chi connectivity index (χ2n) is 9.00. The Kier molecular flexibility index (Phi) is 5.78. The standard InChI is InChI=1S/C21H28F2N2O4S/c1-21(23)7-5-14(6-8-21)13-29-19-12-18(22)17(11-16(19)15-3-4-15)20(26)24-30(27,28)25-9-2-10-25/h11-12,14-15H,2-10,13H2,1H3,(H,24,26)/t14-,21-. The maximum atomic E-state index is 14.7. The summed E-state index contributed by atoms with van der Waals surface area (Å²) in [7, 11) is -3.94. The number of halogens is 2. The number of alkyl halides is 1. The van der Waals surface area contributed by atoms with Crippen LogP contribution < -0.4 is 9.46 Å². The van der Waals surface area contributed by atoms with E-state index >= 15 is 0 Å². The number of hydrogen-bond donors (Lipinski definition) is 1. The van der Waals surface area contributed by atoms with Crippen molar-refractivity contribution >= 4 is 16.1 Å². The minimum Gasteiger partial charge on any atom is -0.493 e. The lowest BCUT2D eigenvalue weighted by atomic mass is 9.81. The average Bonchev–Trinajstić information content (AvgIpc) is 3.43. The van der Waals surface area contributed by atoms with Gasteiger partial charge in [0.25, 0.3) is 5.91 Å². The van der Waals surface area contributed by atoms with Gasteiger partial charge in [0.1, 0.15) is 17.2 Å². The van der Waals surface area contributed by atoms with Crippen LogP contribution in [-0.2, 0) is 10.2 Å². The second-order valence-corrected chi connectivity index (χ2v) is 10.7. The predicted molar refractivity (Wildman–Crippen MR) is 108 cm³/mol. The van der Waals surface area contributed by atoms with E-state index in [0.29, 0.717) is 38.3 Å². The van der Waals surface area contributed by atoms with Crippen molar-refractivity contribution in [3.05, 3.63) is 29.1 Å². The van der Waals surface area contributed by atoms with E-state index in [1.54, 1.807) is 6.92 Å². The number of amides is 1. The first-order valence-electron chi connectivity index (χ1n) is 10.6. The highest BCUT2D eigenvalue weighted by Gasteiger charge is 2.34. The molecule has 0 unspecified atom stereocenters. The normalized spacial score (nSPS) is 27.4. The second kappa shape index (κ2) is 8.07. The van der Waals surface area contributed by atoms with Crippen LogP contribution in [0, 0.1) is 11.7 Å². The van der Waals surface area contributed by atoms with Gasteiger partial charge in [0.15, 0.2) is 0 Å². The molecule has 0 radical (unpaired) electrons. The molecule has 1 heterocycles. The Morgan fingerprint density at radius 1 is 1.23 bits per heavy atom. The van der Waals surface area contributed by atoms with Crippen molar-refractivity contribution in [3.63, 3.8) is 0 Å². The molecule has 0 atom stereocenters. The molecule has 1 aromatic rings. The van der Waals surface area contributed by atoms with Crippen LogP contribution in [0.3, 0.4) is 0 Å². The summed E-state index contributed by atoms with van der Waals surface area (Å²) in [6, 6.07) is 2.60. The van der Waals surface area contributed by atoms with Gasteiger partial charge < -0.3 is 4.74 Å². The Bertz CT molecular complexity index is 917. The van der Waals surface area contributed by atoms with Gasteiger partial charge in [0.05, 0.1) is 12.2 Å². The summed E-state index contributed by atoms with van der Waals surface area (Å²) in [4.78, 5) is 12.5. The Hall–Kier alpha value is -1.74. The van der Waals surface area contributed by atoms with Crippen molar-refractivity contribution in [1.82, 2.24) is 9.03 Å². The summed E-state index contributed by atoms with van der Waals surface area (Å²) in [5.41, 5.74) is -0.680. The first-order valence-corrected chi connectivity index (χ1v) is 12.1. The third kappa shape index (κ3) is 4.77. The molecular weight excluding hydrogens is 414 g/mol. The lowest BCUT2D eigenvalue weighted by Crippen LogP contribution is -2.49. The molecule has 1 N–H and O–H groups in total. The minimum atomic E-state index is -3.94. The molecule has 2 aliphatic carbocycles. The molecule has 0 aromatic heterocycles. The van der Waals surface area contributed by atoms with E-state index in [1.165, 1.54) is 12.1 Å². The first kappa shape index (κ1) is 21.5. The van der Waals surface area contributed by atoms with Crippen LogP contribution >= 0.6 is 0 Å². The Morgan fingerprint density at radius 3 is 2.47 bits per heavy atom. The first-order chi connectivity index (χ1) is 14.1. The van der Waals surface area contributed by atoms with E-state index in [4.69, 9.17) is 4.74 Å². The van der Waals surface area contributed by atoms with Gasteiger partial charge in [-0.2, -0.15) is 12.7 Å². The lowest BCUT2D eigenvalue weighted by molar-refractivity contribution is 0.0844. The lowest BCUT2D eigenvalue weighted by Gasteiger charge is -2.31. The third-order valence-corrected chi connectivity index (χ3v) is 7.85. The highest BCUT2D eigenvalue weighted by Crippen LogP contribution is 2.45. The molecular formula is C21H28F2N2O4S. The molecule has 0 bridgehead atoms. The third-order valence-electron chi connectivity index (χ3n) is 6.36. The van der Waals surface area contributed by atoms with Crippen LogP contribution in [0.5, 0.6) is 5.75 Å². The number of rotatable bonds is 7. The molecule has 166 valence electrons. The summed E-state index contributed by atoms with van der Waals surface area (Å²) in [5.74, 6) is -0.994. The quantitative estimate of drug-likeness (QED) is 0.699.